The van der Waals surface area contributed by atoms with E-state index < -0.39 is 0 Å². The molecule has 1 heterocycles. The zero-order valence-corrected chi connectivity index (χ0v) is 20.3. The number of fused-ring (bicyclic) bond motifs is 2. The van der Waals surface area contributed by atoms with Gasteiger partial charge in [-0.05, 0) is 66.0 Å². The van der Waals surface area contributed by atoms with Gasteiger partial charge in [0.05, 0.1) is 25.4 Å². The van der Waals surface area contributed by atoms with Gasteiger partial charge in [0.15, 0.2) is 11.5 Å². The summed E-state index contributed by atoms with van der Waals surface area (Å²) in [5.41, 5.74) is 2.05. The minimum Gasteiger partial charge on any atom is -0.493 e. The Bertz CT molecular complexity index is 1570. The Kier molecular flexibility index (Phi) is 6.47. The molecular formula is C28H22ClN3O4. The van der Waals surface area contributed by atoms with Crippen molar-refractivity contribution in [3.05, 3.63) is 90.1 Å². The second-order valence-corrected chi connectivity index (χ2v) is 8.35. The summed E-state index contributed by atoms with van der Waals surface area (Å²) in [5.74, 6) is 2.47. The molecule has 0 unspecified atom stereocenters. The van der Waals surface area contributed by atoms with E-state index in [1.807, 2.05) is 48.5 Å². The number of carbonyl (C=O) groups is 1. The highest BCUT2D eigenvalue weighted by Gasteiger charge is 2.12. The molecule has 8 heteroatoms. The van der Waals surface area contributed by atoms with E-state index in [9.17, 15) is 4.79 Å². The minimum absolute atomic E-state index is 0.349. The second-order valence-electron chi connectivity index (χ2n) is 7.91. The van der Waals surface area contributed by atoms with Gasteiger partial charge < -0.3 is 24.8 Å². The minimum atomic E-state index is -0.349. The normalized spacial score (nSPS) is 10.8. The maximum absolute atomic E-state index is 12.5. The number of carbonyl (C=O) groups excluding carboxylic acids is 1. The summed E-state index contributed by atoms with van der Waals surface area (Å²) in [5, 5.41) is 8.90. The molecule has 0 aliphatic heterocycles. The van der Waals surface area contributed by atoms with Crippen molar-refractivity contribution in [2.24, 2.45) is 0 Å². The summed E-state index contributed by atoms with van der Waals surface area (Å²) in [6.07, 6.45) is 1.69. The van der Waals surface area contributed by atoms with Gasteiger partial charge >= 0.3 is 6.03 Å². The predicted molar refractivity (Wildman–Crippen MR) is 143 cm³/mol. The zero-order chi connectivity index (χ0) is 25.1. The lowest BCUT2D eigenvalue weighted by Gasteiger charge is -2.14. The van der Waals surface area contributed by atoms with Crippen LogP contribution in [0.1, 0.15) is 0 Å². The van der Waals surface area contributed by atoms with Crippen LogP contribution in [0.5, 0.6) is 23.0 Å². The molecule has 0 fully saturated rings. The molecule has 0 atom stereocenters. The molecule has 36 heavy (non-hydrogen) atoms. The number of anilines is 2. The standard InChI is InChI=1S/C28H22ClN3O4/c1-34-26-15-22-24(16-27(26)35-2)30-13-12-25(22)36-20-10-11-21-17(14-20)4-3-5-23(21)32-28(33)31-19-8-6-18(29)7-9-19/h3-16H,1-2H3,(H2,31,32,33). The number of rotatable bonds is 6. The van der Waals surface area contributed by atoms with Crippen molar-refractivity contribution in [1.29, 1.82) is 0 Å². The molecule has 5 aromatic rings. The van der Waals surface area contributed by atoms with Crippen LogP contribution in [0.3, 0.4) is 0 Å². The first-order valence-corrected chi connectivity index (χ1v) is 11.5. The molecule has 0 saturated carbocycles. The molecule has 4 aromatic carbocycles. The molecule has 5 rings (SSSR count). The number of ether oxygens (including phenoxy) is 3. The Hall–Kier alpha value is -4.49. The molecule has 2 amide bonds. The van der Waals surface area contributed by atoms with Crippen LogP contribution in [-0.4, -0.2) is 25.2 Å². The van der Waals surface area contributed by atoms with Gasteiger partial charge in [-0.15, -0.1) is 0 Å². The Labute approximate surface area is 212 Å². The summed E-state index contributed by atoms with van der Waals surface area (Å²) >= 11 is 5.91. The van der Waals surface area contributed by atoms with Gasteiger partial charge in [0.1, 0.15) is 11.5 Å². The fourth-order valence-corrected chi connectivity index (χ4v) is 4.04. The number of benzene rings is 4. The van der Waals surface area contributed by atoms with Crippen LogP contribution in [0.2, 0.25) is 5.02 Å². The number of halogens is 1. The fourth-order valence-electron chi connectivity index (χ4n) is 3.92. The van der Waals surface area contributed by atoms with Crippen LogP contribution in [-0.2, 0) is 0 Å². The van der Waals surface area contributed by atoms with Gasteiger partial charge in [-0.3, -0.25) is 4.98 Å². The topological polar surface area (TPSA) is 81.7 Å². The van der Waals surface area contributed by atoms with Gasteiger partial charge in [-0.25, -0.2) is 4.79 Å². The molecular weight excluding hydrogens is 478 g/mol. The number of aromatic nitrogens is 1. The number of amides is 2. The Balaban J connectivity index is 1.40. The summed E-state index contributed by atoms with van der Waals surface area (Å²) in [6.45, 7) is 0. The molecule has 0 spiro atoms. The molecule has 2 N–H and O–H groups in total. The highest BCUT2D eigenvalue weighted by molar-refractivity contribution is 6.30. The number of hydrogen-bond acceptors (Lipinski definition) is 5. The molecule has 0 bridgehead atoms. The van der Waals surface area contributed by atoms with Crippen molar-refractivity contribution in [3.63, 3.8) is 0 Å². The summed E-state index contributed by atoms with van der Waals surface area (Å²) in [4.78, 5) is 17.0. The van der Waals surface area contributed by atoms with E-state index >= 15 is 0 Å². The quantitative estimate of drug-likeness (QED) is 0.253. The lowest BCUT2D eigenvalue weighted by Crippen LogP contribution is -2.19. The first kappa shape index (κ1) is 23.3. The van der Waals surface area contributed by atoms with E-state index in [0.29, 0.717) is 39.4 Å². The zero-order valence-electron chi connectivity index (χ0n) is 19.5. The van der Waals surface area contributed by atoms with E-state index in [4.69, 9.17) is 25.8 Å². The van der Waals surface area contributed by atoms with Crippen LogP contribution in [0.25, 0.3) is 21.7 Å². The number of hydrogen-bond donors (Lipinski definition) is 2. The molecule has 0 aliphatic carbocycles. The van der Waals surface area contributed by atoms with Gasteiger partial charge in [0, 0.05) is 33.7 Å². The third kappa shape index (κ3) is 4.82. The van der Waals surface area contributed by atoms with E-state index in [1.54, 1.807) is 50.7 Å². The lowest BCUT2D eigenvalue weighted by molar-refractivity contribution is 0.262. The SMILES string of the molecule is COc1cc2nccc(Oc3ccc4c(NC(=O)Nc5ccc(Cl)cc5)cccc4c3)c2cc1OC. The van der Waals surface area contributed by atoms with Crippen LogP contribution in [0, 0.1) is 0 Å². The average Bonchev–Trinajstić information content (AvgIpc) is 2.89. The van der Waals surface area contributed by atoms with E-state index in [0.717, 1.165) is 21.7 Å². The van der Waals surface area contributed by atoms with E-state index in [-0.39, 0.29) is 6.03 Å². The summed E-state index contributed by atoms with van der Waals surface area (Å²) in [6, 6.07) is 23.4. The fraction of sp³-hybridized carbons (Fsp3) is 0.0714. The smallest absolute Gasteiger partial charge is 0.323 e. The first-order chi connectivity index (χ1) is 17.5. The maximum Gasteiger partial charge on any atom is 0.323 e. The van der Waals surface area contributed by atoms with Crippen molar-refractivity contribution in [1.82, 2.24) is 4.98 Å². The van der Waals surface area contributed by atoms with Crippen LogP contribution < -0.4 is 24.8 Å². The first-order valence-electron chi connectivity index (χ1n) is 11.1. The summed E-state index contributed by atoms with van der Waals surface area (Å²) in [7, 11) is 3.18. The van der Waals surface area contributed by atoms with Crippen molar-refractivity contribution in [3.8, 4) is 23.0 Å². The predicted octanol–water partition coefficient (Wildman–Crippen LogP) is 7.49. The molecule has 0 saturated heterocycles. The molecule has 1 aromatic heterocycles. The third-order valence-electron chi connectivity index (χ3n) is 5.64. The number of methoxy groups -OCH3 is 2. The van der Waals surface area contributed by atoms with Gasteiger partial charge in [-0.2, -0.15) is 0 Å². The van der Waals surface area contributed by atoms with Crippen molar-refractivity contribution in [2.45, 2.75) is 0 Å². The molecule has 180 valence electrons. The number of nitrogens with one attached hydrogen (secondary N) is 2. The van der Waals surface area contributed by atoms with Crippen molar-refractivity contribution >= 4 is 50.7 Å². The average molecular weight is 500 g/mol. The molecule has 0 radical (unpaired) electrons. The van der Waals surface area contributed by atoms with Crippen LogP contribution >= 0.6 is 11.6 Å². The second kappa shape index (κ2) is 10.0. The molecule has 7 nitrogen and oxygen atoms in total. The van der Waals surface area contributed by atoms with E-state index in [1.165, 1.54) is 0 Å². The maximum atomic E-state index is 12.5. The highest BCUT2D eigenvalue weighted by Crippen LogP contribution is 2.37. The van der Waals surface area contributed by atoms with Crippen molar-refractivity contribution < 1.29 is 19.0 Å². The Morgan fingerprint density at radius 3 is 2.36 bits per heavy atom. The molecule has 0 aliphatic rings. The Morgan fingerprint density at radius 1 is 0.806 bits per heavy atom. The number of pyridine rings is 1. The van der Waals surface area contributed by atoms with Crippen molar-refractivity contribution in [2.75, 3.05) is 24.9 Å². The monoisotopic (exact) mass is 499 g/mol. The van der Waals surface area contributed by atoms with Gasteiger partial charge in [-0.1, -0.05) is 23.7 Å². The lowest BCUT2D eigenvalue weighted by atomic mass is 10.1. The third-order valence-corrected chi connectivity index (χ3v) is 5.89. The van der Waals surface area contributed by atoms with Crippen LogP contribution in [0.15, 0.2) is 85.1 Å². The number of nitrogens with zero attached hydrogens (tertiary/aromatic N) is 1. The van der Waals surface area contributed by atoms with Gasteiger partial charge in [0.2, 0.25) is 0 Å². The summed E-state index contributed by atoms with van der Waals surface area (Å²) < 4.78 is 17.1. The number of urea groups is 1. The van der Waals surface area contributed by atoms with E-state index in [2.05, 4.69) is 15.6 Å². The largest absolute Gasteiger partial charge is 0.493 e. The van der Waals surface area contributed by atoms with Crippen LogP contribution in [0.4, 0.5) is 16.2 Å². The van der Waals surface area contributed by atoms with Gasteiger partial charge in [0.25, 0.3) is 0 Å². The Morgan fingerprint density at radius 2 is 1.58 bits per heavy atom. The highest BCUT2D eigenvalue weighted by atomic mass is 35.5.